The van der Waals surface area contributed by atoms with E-state index in [9.17, 15) is 4.79 Å². The lowest BCUT2D eigenvalue weighted by atomic mass is 9.95. The van der Waals surface area contributed by atoms with Crippen molar-refractivity contribution >= 4 is 5.91 Å². The van der Waals surface area contributed by atoms with Gasteiger partial charge in [0, 0.05) is 13.1 Å². The minimum Gasteiger partial charge on any atom is -0.340 e. The van der Waals surface area contributed by atoms with E-state index in [1.165, 1.54) is 0 Å². The minimum absolute atomic E-state index is 0.0386. The van der Waals surface area contributed by atoms with Gasteiger partial charge in [-0.05, 0) is 19.3 Å². The molecule has 0 fully saturated rings. The Kier molecular flexibility index (Phi) is 6.82. The Morgan fingerprint density at radius 3 is 2.53 bits per heavy atom. The van der Waals surface area contributed by atoms with E-state index in [4.69, 9.17) is 11.0 Å². The van der Waals surface area contributed by atoms with Crippen molar-refractivity contribution < 1.29 is 4.79 Å². The molecule has 0 heterocycles. The van der Waals surface area contributed by atoms with E-state index < -0.39 is 5.54 Å². The Morgan fingerprint density at radius 2 is 2.12 bits per heavy atom. The van der Waals surface area contributed by atoms with Gasteiger partial charge < -0.3 is 10.6 Å². The smallest absolute Gasteiger partial charge is 0.242 e. The monoisotopic (exact) mass is 239 g/mol. The van der Waals surface area contributed by atoms with Crippen LogP contribution in [0.1, 0.15) is 47.0 Å². The summed E-state index contributed by atoms with van der Waals surface area (Å²) in [7, 11) is 0. The first-order valence-corrected chi connectivity index (χ1v) is 6.30. The third-order valence-corrected chi connectivity index (χ3v) is 2.62. The summed E-state index contributed by atoms with van der Waals surface area (Å²) in [6, 6.07) is 2.08. The van der Waals surface area contributed by atoms with Crippen LogP contribution in [-0.2, 0) is 4.79 Å². The zero-order chi connectivity index (χ0) is 13.5. The Bertz CT molecular complexity index is 279. The van der Waals surface area contributed by atoms with Crippen molar-refractivity contribution in [1.82, 2.24) is 4.90 Å². The van der Waals surface area contributed by atoms with E-state index in [1.807, 2.05) is 6.92 Å². The fourth-order valence-corrected chi connectivity index (χ4v) is 1.89. The number of hydrogen-bond donors (Lipinski definition) is 1. The molecule has 4 heteroatoms. The number of nitrogens with two attached hydrogens (primary N) is 1. The van der Waals surface area contributed by atoms with Crippen LogP contribution in [0.2, 0.25) is 0 Å². The highest BCUT2D eigenvalue weighted by Gasteiger charge is 2.31. The van der Waals surface area contributed by atoms with Crippen molar-refractivity contribution in [3.63, 3.8) is 0 Å². The lowest BCUT2D eigenvalue weighted by Gasteiger charge is -2.32. The van der Waals surface area contributed by atoms with Crippen molar-refractivity contribution in [2.45, 2.75) is 52.5 Å². The maximum absolute atomic E-state index is 12.3. The fraction of sp³-hybridized carbons (Fsp3) is 0.846. The molecule has 0 radical (unpaired) electrons. The molecule has 2 N–H and O–H groups in total. The summed E-state index contributed by atoms with van der Waals surface area (Å²) < 4.78 is 0. The normalized spacial score (nSPS) is 14.2. The van der Waals surface area contributed by atoms with E-state index in [1.54, 1.807) is 11.8 Å². The van der Waals surface area contributed by atoms with Crippen LogP contribution < -0.4 is 5.73 Å². The zero-order valence-electron chi connectivity index (χ0n) is 11.5. The molecule has 17 heavy (non-hydrogen) atoms. The van der Waals surface area contributed by atoms with Crippen LogP contribution in [0.25, 0.3) is 0 Å². The number of hydrogen-bond acceptors (Lipinski definition) is 3. The van der Waals surface area contributed by atoms with E-state index in [0.717, 1.165) is 6.42 Å². The molecule has 0 saturated heterocycles. The molecule has 98 valence electrons. The standard InChI is InChI=1S/C13H25N3O/c1-5-7-13(4,15)12(17)16(9-6-8-14)10-11(2)3/h11H,5-7,9-10,15H2,1-4H3. The Hall–Kier alpha value is -1.08. The molecule has 0 saturated carbocycles. The van der Waals surface area contributed by atoms with Crippen LogP contribution >= 0.6 is 0 Å². The van der Waals surface area contributed by atoms with Crippen LogP contribution in [0.15, 0.2) is 0 Å². The molecule has 0 aliphatic heterocycles. The van der Waals surface area contributed by atoms with Gasteiger partial charge in [0.1, 0.15) is 0 Å². The molecular formula is C13H25N3O. The average Bonchev–Trinajstić information content (AvgIpc) is 2.22. The van der Waals surface area contributed by atoms with Gasteiger partial charge in [-0.2, -0.15) is 5.26 Å². The largest absolute Gasteiger partial charge is 0.340 e. The van der Waals surface area contributed by atoms with Crippen molar-refractivity contribution in [2.75, 3.05) is 13.1 Å². The summed E-state index contributed by atoms with van der Waals surface area (Å²) in [6.45, 7) is 9.04. The SMILES string of the molecule is CCCC(C)(N)C(=O)N(CCC#N)CC(C)C. The van der Waals surface area contributed by atoms with Crippen LogP contribution in [0.4, 0.5) is 0 Å². The summed E-state index contributed by atoms with van der Waals surface area (Å²) in [5, 5.41) is 8.62. The number of carbonyl (C=O) groups is 1. The molecule has 1 unspecified atom stereocenters. The molecule has 0 rings (SSSR count). The molecule has 4 nitrogen and oxygen atoms in total. The second kappa shape index (κ2) is 7.29. The summed E-state index contributed by atoms with van der Waals surface area (Å²) >= 11 is 0. The van der Waals surface area contributed by atoms with Crippen molar-refractivity contribution in [2.24, 2.45) is 11.7 Å². The lowest BCUT2D eigenvalue weighted by molar-refractivity contribution is -0.137. The van der Waals surface area contributed by atoms with Gasteiger partial charge >= 0.3 is 0 Å². The summed E-state index contributed by atoms with van der Waals surface area (Å²) in [5.74, 6) is 0.346. The first-order valence-electron chi connectivity index (χ1n) is 6.30. The molecule has 1 amide bonds. The fourth-order valence-electron chi connectivity index (χ4n) is 1.89. The van der Waals surface area contributed by atoms with E-state index in [0.29, 0.717) is 31.8 Å². The zero-order valence-corrected chi connectivity index (χ0v) is 11.5. The molecule has 0 aromatic rings. The number of nitrogens with zero attached hydrogens (tertiary/aromatic N) is 2. The van der Waals surface area contributed by atoms with Crippen molar-refractivity contribution in [3.05, 3.63) is 0 Å². The second-order valence-electron chi connectivity index (χ2n) is 5.22. The minimum atomic E-state index is -0.806. The molecule has 0 aliphatic rings. The number of carbonyl (C=O) groups excluding carboxylic acids is 1. The predicted molar refractivity (Wildman–Crippen MR) is 69.1 cm³/mol. The van der Waals surface area contributed by atoms with Crippen molar-refractivity contribution in [3.8, 4) is 6.07 Å². The van der Waals surface area contributed by atoms with Crippen molar-refractivity contribution in [1.29, 1.82) is 5.26 Å². The Morgan fingerprint density at radius 1 is 1.53 bits per heavy atom. The van der Waals surface area contributed by atoms with Gasteiger partial charge in [0.15, 0.2) is 0 Å². The van der Waals surface area contributed by atoms with Crippen LogP contribution in [-0.4, -0.2) is 29.4 Å². The Balaban J connectivity index is 4.67. The molecule has 1 atom stereocenters. The molecule has 0 aromatic carbocycles. The van der Waals surface area contributed by atoms with Gasteiger partial charge in [-0.1, -0.05) is 27.2 Å². The highest BCUT2D eigenvalue weighted by Crippen LogP contribution is 2.14. The quantitative estimate of drug-likeness (QED) is 0.737. The van der Waals surface area contributed by atoms with Gasteiger partial charge in [0.2, 0.25) is 5.91 Å². The molecule has 0 aromatic heterocycles. The molecule has 0 bridgehead atoms. The maximum Gasteiger partial charge on any atom is 0.242 e. The molecule has 0 aliphatic carbocycles. The summed E-state index contributed by atoms with van der Waals surface area (Å²) in [6.07, 6.45) is 1.92. The predicted octanol–water partition coefficient (Wildman–Crippen LogP) is 1.90. The lowest BCUT2D eigenvalue weighted by Crippen LogP contribution is -2.54. The summed E-state index contributed by atoms with van der Waals surface area (Å²) in [5.41, 5.74) is 5.24. The topological polar surface area (TPSA) is 70.1 Å². The average molecular weight is 239 g/mol. The van der Waals surface area contributed by atoms with E-state index >= 15 is 0 Å². The van der Waals surface area contributed by atoms with Gasteiger partial charge in [-0.3, -0.25) is 4.79 Å². The van der Waals surface area contributed by atoms with Crippen LogP contribution in [0, 0.1) is 17.2 Å². The van der Waals surface area contributed by atoms with Crippen LogP contribution in [0.5, 0.6) is 0 Å². The third kappa shape index (κ3) is 5.69. The number of amides is 1. The van der Waals surface area contributed by atoms with E-state index in [2.05, 4.69) is 19.9 Å². The number of rotatable bonds is 7. The van der Waals surface area contributed by atoms with Gasteiger partial charge in [-0.25, -0.2) is 0 Å². The molecule has 0 spiro atoms. The second-order valence-corrected chi connectivity index (χ2v) is 5.22. The highest BCUT2D eigenvalue weighted by molar-refractivity contribution is 5.85. The first-order chi connectivity index (χ1) is 7.85. The summed E-state index contributed by atoms with van der Waals surface area (Å²) in [4.78, 5) is 14.0. The first kappa shape index (κ1) is 15.9. The number of nitriles is 1. The maximum atomic E-state index is 12.3. The van der Waals surface area contributed by atoms with Gasteiger partial charge in [-0.15, -0.1) is 0 Å². The Labute approximate surface area is 105 Å². The highest BCUT2D eigenvalue weighted by atomic mass is 16.2. The molecular weight excluding hydrogens is 214 g/mol. The van der Waals surface area contributed by atoms with E-state index in [-0.39, 0.29) is 5.91 Å². The van der Waals surface area contributed by atoms with Gasteiger partial charge in [0.25, 0.3) is 0 Å². The van der Waals surface area contributed by atoms with Crippen LogP contribution in [0.3, 0.4) is 0 Å². The van der Waals surface area contributed by atoms with Gasteiger partial charge in [0.05, 0.1) is 18.0 Å². The third-order valence-electron chi connectivity index (χ3n) is 2.62.